The van der Waals surface area contributed by atoms with E-state index in [1.165, 1.54) is 5.56 Å². The van der Waals surface area contributed by atoms with Crippen molar-refractivity contribution in [3.05, 3.63) is 35.9 Å². The summed E-state index contributed by atoms with van der Waals surface area (Å²) in [7, 11) is 0. The Balaban J connectivity index is 1.43. The number of nitrogens with zero attached hydrogens (tertiary/aromatic N) is 2. The summed E-state index contributed by atoms with van der Waals surface area (Å²) in [6.45, 7) is 8.12. The summed E-state index contributed by atoms with van der Waals surface area (Å²) < 4.78 is 6.49. The van der Waals surface area contributed by atoms with Crippen molar-refractivity contribution in [1.29, 1.82) is 0 Å². The predicted octanol–water partition coefficient (Wildman–Crippen LogP) is 2.82. The molecule has 2 aliphatic heterocycles. The van der Waals surface area contributed by atoms with Crippen molar-refractivity contribution in [2.45, 2.75) is 63.3 Å². The fourth-order valence-corrected chi connectivity index (χ4v) is 4.20. The van der Waals surface area contributed by atoms with Crippen LogP contribution in [0.3, 0.4) is 0 Å². The third-order valence-electron chi connectivity index (χ3n) is 5.86. The molecule has 2 saturated heterocycles. The minimum absolute atomic E-state index is 0.123. The van der Waals surface area contributed by atoms with Crippen molar-refractivity contribution >= 4 is 5.91 Å². The third kappa shape index (κ3) is 2.86. The highest BCUT2D eigenvalue weighted by molar-refractivity contribution is 5.89. The van der Waals surface area contributed by atoms with Crippen molar-refractivity contribution in [3.63, 3.8) is 0 Å². The molecule has 4 heteroatoms. The van der Waals surface area contributed by atoms with Gasteiger partial charge < -0.3 is 9.64 Å². The summed E-state index contributed by atoms with van der Waals surface area (Å²) >= 11 is 0. The van der Waals surface area contributed by atoms with Crippen LogP contribution in [0.1, 0.15) is 45.1 Å². The zero-order valence-corrected chi connectivity index (χ0v) is 14.8. The first-order valence-corrected chi connectivity index (χ1v) is 9.30. The molecule has 3 fully saturated rings. The second-order valence-corrected chi connectivity index (χ2v) is 8.07. The highest BCUT2D eigenvalue weighted by Crippen LogP contribution is 2.50. The number of morpholine rings is 1. The molecular formula is C20H28N2O2. The van der Waals surface area contributed by atoms with Crippen molar-refractivity contribution in [2.75, 3.05) is 19.6 Å². The molecule has 0 bridgehead atoms. The highest BCUT2D eigenvalue weighted by atomic mass is 16.5. The first kappa shape index (κ1) is 16.1. The number of rotatable bonds is 3. The molecule has 1 aromatic rings. The zero-order valence-electron chi connectivity index (χ0n) is 14.8. The molecule has 0 unspecified atom stereocenters. The summed E-state index contributed by atoms with van der Waals surface area (Å²) in [6, 6.07) is 10.9. The van der Waals surface area contributed by atoms with Crippen molar-refractivity contribution < 1.29 is 9.53 Å². The Hall–Kier alpha value is -1.39. The van der Waals surface area contributed by atoms with Gasteiger partial charge in [0.05, 0.1) is 12.1 Å². The van der Waals surface area contributed by atoms with E-state index < -0.39 is 5.60 Å². The van der Waals surface area contributed by atoms with Gasteiger partial charge in [-0.1, -0.05) is 30.3 Å². The van der Waals surface area contributed by atoms with Crippen LogP contribution in [0.5, 0.6) is 0 Å². The molecular weight excluding hydrogens is 300 g/mol. The number of carbonyl (C=O) groups excluding carboxylic acids is 1. The fraction of sp³-hybridized carbons (Fsp3) is 0.650. The summed E-state index contributed by atoms with van der Waals surface area (Å²) in [5, 5.41) is 0. The van der Waals surface area contributed by atoms with Gasteiger partial charge in [-0.3, -0.25) is 9.69 Å². The molecule has 0 radical (unpaired) electrons. The van der Waals surface area contributed by atoms with Crippen LogP contribution >= 0.6 is 0 Å². The largest absolute Gasteiger partial charge is 0.357 e. The third-order valence-corrected chi connectivity index (χ3v) is 5.86. The van der Waals surface area contributed by atoms with E-state index in [1.807, 2.05) is 0 Å². The smallest absolute Gasteiger partial charge is 0.255 e. The van der Waals surface area contributed by atoms with Gasteiger partial charge in [0.25, 0.3) is 5.91 Å². The van der Waals surface area contributed by atoms with Gasteiger partial charge >= 0.3 is 0 Å². The minimum Gasteiger partial charge on any atom is -0.357 e. The molecule has 1 saturated carbocycles. The summed E-state index contributed by atoms with van der Waals surface area (Å²) in [5.41, 5.74) is 0.780. The number of piperidine rings is 1. The SMILES string of the molecule is CC(C)N1CC2(CCN(Cc3ccccc3)CC2)OC2(CC2)C1=O. The normalized spacial score (nSPS) is 25.6. The van der Waals surface area contributed by atoms with E-state index in [0.29, 0.717) is 0 Å². The van der Waals surface area contributed by atoms with Crippen LogP contribution in [0, 0.1) is 0 Å². The van der Waals surface area contributed by atoms with Crippen LogP contribution in [0.25, 0.3) is 0 Å². The molecule has 1 aromatic carbocycles. The molecule has 0 atom stereocenters. The van der Waals surface area contributed by atoms with Gasteiger partial charge in [-0.25, -0.2) is 0 Å². The van der Waals surface area contributed by atoms with Gasteiger partial charge in [0.15, 0.2) is 0 Å². The van der Waals surface area contributed by atoms with Gasteiger partial charge in [0.1, 0.15) is 5.60 Å². The molecule has 2 heterocycles. The topological polar surface area (TPSA) is 32.8 Å². The number of ether oxygens (including phenoxy) is 1. The number of carbonyl (C=O) groups is 1. The van der Waals surface area contributed by atoms with Gasteiger partial charge in [0.2, 0.25) is 0 Å². The van der Waals surface area contributed by atoms with Crippen LogP contribution < -0.4 is 0 Å². The first-order valence-electron chi connectivity index (χ1n) is 9.30. The lowest BCUT2D eigenvalue weighted by Crippen LogP contribution is -2.64. The van der Waals surface area contributed by atoms with Crippen LogP contribution in [0.2, 0.25) is 0 Å². The van der Waals surface area contributed by atoms with E-state index >= 15 is 0 Å². The van der Waals surface area contributed by atoms with E-state index in [4.69, 9.17) is 4.74 Å². The quantitative estimate of drug-likeness (QED) is 0.855. The number of benzene rings is 1. The van der Waals surface area contributed by atoms with Crippen molar-refractivity contribution in [1.82, 2.24) is 9.80 Å². The zero-order chi connectivity index (χ0) is 16.8. The van der Waals surface area contributed by atoms with E-state index in [1.54, 1.807) is 0 Å². The minimum atomic E-state index is -0.468. The number of likely N-dealkylation sites (tertiary alicyclic amines) is 1. The number of amides is 1. The molecule has 4 nitrogen and oxygen atoms in total. The molecule has 2 spiro atoms. The van der Waals surface area contributed by atoms with E-state index in [9.17, 15) is 4.79 Å². The maximum Gasteiger partial charge on any atom is 0.255 e. The second-order valence-electron chi connectivity index (χ2n) is 8.07. The Labute approximate surface area is 144 Å². The Kier molecular flexibility index (Phi) is 3.92. The van der Waals surface area contributed by atoms with Crippen LogP contribution in [-0.2, 0) is 16.1 Å². The molecule has 1 aliphatic carbocycles. The average molecular weight is 328 g/mol. The predicted molar refractivity (Wildman–Crippen MR) is 93.6 cm³/mol. The van der Waals surface area contributed by atoms with Gasteiger partial charge in [-0.05, 0) is 45.1 Å². The Morgan fingerprint density at radius 1 is 1.08 bits per heavy atom. The molecule has 130 valence electrons. The number of hydrogen-bond donors (Lipinski definition) is 0. The van der Waals surface area contributed by atoms with E-state index in [0.717, 1.165) is 51.9 Å². The first-order chi connectivity index (χ1) is 11.5. The molecule has 4 rings (SSSR count). The molecule has 24 heavy (non-hydrogen) atoms. The Morgan fingerprint density at radius 2 is 1.75 bits per heavy atom. The molecule has 0 N–H and O–H groups in total. The summed E-state index contributed by atoms with van der Waals surface area (Å²) in [5.74, 6) is 0.231. The standard InChI is InChI=1S/C20H28N2O2/c1-16(2)22-15-19(24-20(8-9-20)18(22)23)10-12-21(13-11-19)14-17-6-4-3-5-7-17/h3-7,16H,8-15H2,1-2H3. The van der Waals surface area contributed by atoms with Crippen LogP contribution in [0.15, 0.2) is 30.3 Å². The van der Waals surface area contributed by atoms with Crippen molar-refractivity contribution in [2.24, 2.45) is 0 Å². The monoisotopic (exact) mass is 328 g/mol. The van der Waals surface area contributed by atoms with E-state index in [2.05, 4.69) is 54.0 Å². The maximum atomic E-state index is 12.7. The van der Waals surface area contributed by atoms with Crippen LogP contribution in [0.4, 0.5) is 0 Å². The lowest BCUT2D eigenvalue weighted by molar-refractivity contribution is -0.203. The lowest BCUT2D eigenvalue weighted by Gasteiger charge is -2.51. The molecule has 3 aliphatic rings. The highest BCUT2D eigenvalue weighted by Gasteiger charge is 2.62. The fourth-order valence-electron chi connectivity index (χ4n) is 4.20. The van der Waals surface area contributed by atoms with Gasteiger partial charge in [0, 0.05) is 25.7 Å². The molecule has 1 amide bonds. The average Bonchev–Trinajstić information content (AvgIpc) is 3.34. The second kappa shape index (κ2) is 5.85. The summed E-state index contributed by atoms with van der Waals surface area (Å²) in [6.07, 6.45) is 3.87. The van der Waals surface area contributed by atoms with Gasteiger partial charge in [-0.15, -0.1) is 0 Å². The Morgan fingerprint density at radius 3 is 2.33 bits per heavy atom. The van der Waals surface area contributed by atoms with Crippen LogP contribution in [-0.4, -0.2) is 52.6 Å². The lowest BCUT2D eigenvalue weighted by atomic mass is 9.87. The number of hydrogen-bond acceptors (Lipinski definition) is 3. The summed E-state index contributed by atoms with van der Waals surface area (Å²) in [4.78, 5) is 17.3. The Bertz CT molecular complexity index is 601. The molecule has 0 aromatic heterocycles. The van der Waals surface area contributed by atoms with E-state index in [-0.39, 0.29) is 17.6 Å². The van der Waals surface area contributed by atoms with Gasteiger partial charge in [-0.2, -0.15) is 0 Å². The maximum absolute atomic E-state index is 12.7. The van der Waals surface area contributed by atoms with Crippen molar-refractivity contribution in [3.8, 4) is 0 Å².